The molecular weight excluding hydrogens is 600 g/mol. The van der Waals surface area contributed by atoms with Crippen molar-refractivity contribution in [2.75, 3.05) is 24.1 Å². The van der Waals surface area contributed by atoms with Crippen LogP contribution in [0.1, 0.15) is 13.8 Å². The van der Waals surface area contributed by atoms with Crippen LogP contribution in [0.2, 0.25) is 0 Å². The van der Waals surface area contributed by atoms with E-state index in [-0.39, 0.29) is 36.6 Å². The van der Waals surface area contributed by atoms with E-state index < -0.39 is 41.9 Å². The average Bonchev–Trinajstić information content (AvgIpc) is 2.92. The molecule has 13 nitrogen and oxygen atoms in total. The normalized spacial score (nSPS) is 12.0. The Kier molecular flexibility index (Phi) is 14.5. The molecule has 0 heterocycles. The Morgan fingerprint density at radius 2 is 1.12 bits per heavy atom. The Labute approximate surface area is 238 Å². The zero-order valence-electron chi connectivity index (χ0n) is 22.1. The van der Waals surface area contributed by atoms with Crippen LogP contribution in [0.3, 0.4) is 0 Å². The molecule has 2 aromatic rings. The molecule has 19 heteroatoms. The van der Waals surface area contributed by atoms with Crippen molar-refractivity contribution in [3.05, 3.63) is 48.5 Å². The molecule has 0 fully saturated rings. The lowest BCUT2D eigenvalue weighted by Crippen LogP contribution is -2.20. The van der Waals surface area contributed by atoms with E-state index in [9.17, 15) is 40.7 Å². The Bertz CT molecular complexity index is 1280. The maximum Gasteiger partial charge on any atom is 0.573 e. The van der Waals surface area contributed by atoms with Gasteiger partial charge in [0, 0.05) is 0 Å². The third kappa shape index (κ3) is 15.3. The molecule has 0 saturated carbocycles. The highest BCUT2D eigenvalue weighted by atomic mass is 19.4. The lowest BCUT2D eigenvalue weighted by atomic mass is 10.3. The number of ether oxygens (including phenoxy) is 4. The number of alkyl halides is 6. The van der Waals surface area contributed by atoms with E-state index in [4.69, 9.17) is 5.21 Å². The summed E-state index contributed by atoms with van der Waals surface area (Å²) in [6.45, 7) is 3.32. The molecule has 3 N–H and O–H groups in total. The molecule has 0 aliphatic carbocycles. The van der Waals surface area contributed by atoms with Crippen LogP contribution in [-0.2, 0) is 23.9 Å². The fraction of sp³-hybridized carbons (Fsp3) is 0.250. The molecule has 234 valence electrons. The molecule has 0 amide bonds. The van der Waals surface area contributed by atoms with E-state index in [1.54, 1.807) is 13.8 Å². The summed E-state index contributed by atoms with van der Waals surface area (Å²) >= 11 is 0. The molecule has 0 spiro atoms. The van der Waals surface area contributed by atoms with Gasteiger partial charge in [-0.3, -0.25) is 15.6 Å². The SMILES string of the molecule is CCOC(=O)/C(C=O)=N/Nc1ccc(OC(F)(F)F)cc1.CCOC(=O)C(/C=N/O)=N/Nc1ccc(OC(F)(F)F)cc1. The van der Waals surface area contributed by atoms with Gasteiger partial charge in [0.05, 0.1) is 24.6 Å². The predicted octanol–water partition coefficient (Wildman–Crippen LogP) is 4.49. The number of benzene rings is 2. The van der Waals surface area contributed by atoms with Crippen LogP contribution in [0.5, 0.6) is 11.5 Å². The van der Waals surface area contributed by atoms with Crippen molar-refractivity contribution in [2.45, 2.75) is 26.6 Å². The molecular formula is C24H23F6N5O8. The average molecular weight is 623 g/mol. The zero-order chi connectivity index (χ0) is 32.5. The molecule has 0 aliphatic rings. The number of rotatable bonds is 12. The first-order chi connectivity index (χ1) is 20.2. The Hall–Kier alpha value is -5.36. The van der Waals surface area contributed by atoms with Crippen molar-refractivity contribution in [1.82, 2.24) is 0 Å². The highest BCUT2D eigenvalue weighted by molar-refractivity contribution is 6.59. The summed E-state index contributed by atoms with van der Waals surface area (Å²) in [7, 11) is 0. The highest BCUT2D eigenvalue weighted by Gasteiger charge is 2.31. The number of oxime groups is 1. The minimum atomic E-state index is -4.78. The van der Waals surface area contributed by atoms with Gasteiger partial charge in [-0.2, -0.15) is 10.2 Å². The van der Waals surface area contributed by atoms with Gasteiger partial charge >= 0.3 is 24.7 Å². The molecule has 2 aromatic carbocycles. The molecule has 0 aromatic heterocycles. The number of hydrazone groups is 2. The number of esters is 2. The summed E-state index contributed by atoms with van der Waals surface area (Å²) in [5.74, 6) is -2.54. The molecule has 0 radical (unpaired) electrons. The van der Waals surface area contributed by atoms with Crippen molar-refractivity contribution < 1.29 is 64.9 Å². The summed E-state index contributed by atoms with van der Waals surface area (Å²) in [6, 6.07) is 9.21. The first-order valence-electron chi connectivity index (χ1n) is 11.6. The van der Waals surface area contributed by atoms with Crippen LogP contribution >= 0.6 is 0 Å². The van der Waals surface area contributed by atoms with Crippen molar-refractivity contribution in [3.63, 3.8) is 0 Å². The first-order valence-corrected chi connectivity index (χ1v) is 11.6. The number of hydrogen-bond donors (Lipinski definition) is 3. The molecule has 0 bridgehead atoms. The smallest absolute Gasteiger partial charge is 0.461 e. The predicted molar refractivity (Wildman–Crippen MR) is 138 cm³/mol. The Morgan fingerprint density at radius 1 is 0.744 bits per heavy atom. The summed E-state index contributed by atoms with van der Waals surface area (Å²) in [5, 5.41) is 18.2. The second-order valence-corrected chi connectivity index (χ2v) is 7.17. The lowest BCUT2D eigenvalue weighted by Gasteiger charge is -2.09. The third-order valence-corrected chi connectivity index (χ3v) is 4.05. The van der Waals surface area contributed by atoms with Crippen LogP contribution in [0, 0.1) is 0 Å². The van der Waals surface area contributed by atoms with Crippen LogP contribution in [0.4, 0.5) is 37.7 Å². The van der Waals surface area contributed by atoms with E-state index in [1.165, 1.54) is 24.3 Å². The van der Waals surface area contributed by atoms with E-state index in [1.807, 2.05) is 0 Å². The molecule has 0 saturated heterocycles. The summed E-state index contributed by atoms with van der Waals surface area (Å²) in [6.07, 6.45) is -8.60. The summed E-state index contributed by atoms with van der Waals surface area (Å²) in [4.78, 5) is 33.3. The topological polar surface area (TPSA) is 170 Å². The molecule has 43 heavy (non-hydrogen) atoms. The van der Waals surface area contributed by atoms with E-state index in [2.05, 4.69) is 45.2 Å². The van der Waals surface area contributed by atoms with E-state index >= 15 is 0 Å². The molecule has 2 rings (SSSR count). The number of carbonyl (C=O) groups excluding carboxylic acids is 3. The van der Waals surface area contributed by atoms with Gasteiger partial charge in [0.1, 0.15) is 17.7 Å². The quantitative estimate of drug-likeness (QED) is 0.0582. The van der Waals surface area contributed by atoms with Crippen LogP contribution in [0.15, 0.2) is 63.9 Å². The standard InChI is InChI=1S/C12H12F3N3O4.C12H11F3N2O4/c1-2-21-11(19)10(7-16-20)18-17-8-3-5-9(6-4-8)22-12(13,14)15;1-2-20-11(19)10(7-18)17-16-8-3-5-9(6-4-8)21-12(13,14)15/h3-7,17,20H,2H2,1H3;3-7,16H,2H2,1H3/b16-7+,18-10+;17-10+. The fourth-order valence-corrected chi connectivity index (χ4v) is 2.42. The number of hydrogen-bond acceptors (Lipinski definition) is 13. The van der Waals surface area contributed by atoms with E-state index in [0.717, 1.165) is 30.5 Å². The minimum Gasteiger partial charge on any atom is -0.461 e. The highest BCUT2D eigenvalue weighted by Crippen LogP contribution is 2.25. The second kappa shape index (κ2) is 17.5. The molecule has 0 unspecified atom stereocenters. The van der Waals surface area contributed by atoms with Gasteiger partial charge in [0.2, 0.25) is 5.71 Å². The number of aldehydes is 1. The first kappa shape index (κ1) is 35.7. The van der Waals surface area contributed by atoms with Crippen molar-refractivity contribution in [2.24, 2.45) is 15.4 Å². The van der Waals surface area contributed by atoms with Gasteiger partial charge in [-0.05, 0) is 62.4 Å². The number of halogens is 6. The fourth-order valence-electron chi connectivity index (χ4n) is 2.42. The van der Waals surface area contributed by atoms with Gasteiger partial charge in [-0.25, -0.2) is 9.59 Å². The largest absolute Gasteiger partial charge is 0.573 e. The number of carbonyl (C=O) groups is 3. The van der Waals surface area contributed by atoms with Crippen LogP contribution in [0.25, 0.3) is 0 Å². The third-order valence-electron chi connectivity index (χ3n) is 4.05. The lowest BCUT2D eigenvalue weighted by molar-refractivity contribution is -0.275. The summed E-state index contributed by atoms with van der Waals surface area (Å²) in [5.41, 5.74) is 4.48. The maximum atomic E-state index is 12.0. The maximum absolute atomic E-state index is 12.0. The molecule has 0 atom stereocenters. The Morgan fingerprint density at radius 3 is 1.44 bits per heavy atom. The minimum absolute atomic E-state index is 0.0785. The molecule has 0 aliphatic heterocycles. The Balaban J connectivity index is 0.000000430. The number of anilines is 2. The number of nitrogens with one attached hydrogen (secondary N) is 2. The van der Waals surface area contributed by atoms with Crippen LogP contribution < -0.4 is 20.3 Å². The van der Waals surface area contributed by atoms with Gasteiger partial charge < -0.3 is 24.2 Å². The van der Waals surface area contributed by atoms with Gasteiger partial charge in [0.25, 0.3) is 0 Å². The van der Waals surface area contributed by atoms with Gasteiger partial charge in [0.15, 0.2) is 12.0 Å². The zero-order valence-corrected chi connectivity index (χ0v) is 22.1. The monoisotopic (exact) mass is 623 g/mol. The second-order valence-electron chi connectivity index (χ2n) is 7.17. The summed E-state index contributed by atoms with van der Waals surface area (Å²) < 4.78 is 88.4. The van der Waals surface area contributed by atoms with Crippen molar-refractivity contribution >= 4 is 47.2 Å². The van der Waals surface area contributed by atoms with E-state index in [0.29, 0.717) is 0 Å². The number of nitrogens with zero attached hydrogens (tertiary/aromatic N) is 3. The van der Waals surface area contributed by atoms with Crippen molar-refractivity contribution in [1.29, 1.82) is 0 Å². The van der Waals surface area contributed by atoms with Crippen LogP contribution in [-0.4, -0.2) is 67.0 Å². The van der Waals surface area contributed by atoms with Crippen molar-refractivity contribution in [3.8, 4) is 11.5 Å². The van der Waals surface area contributed by atoms with Gasteiger partial charge in [-0.15, -0.1) is 26.3 Å². The van der Waals surface area contributed by atoms with Gasteiger partial charge in [-0.1, -0.05) is 5.16 Å².